The maximum absolute atomic E-state index is 13.7. The number of carbonyl (C=O) groups excluding carboxylic acids is 3. The number of likely N-dealkylation sites (tertiary alicyclic amines) is 1. The molecule has 3 amide bonds. The molecule has 212 valence electrons. The Morgan fingerprint density at radius 3 is 2.08 bits per heavy atom. The van der Waals surface area contributed by atoms with Crippen molar-refractivity contribution in [2.24, 2.45) is 17.8 Å². The number of carbonyl (C=O) groups is 3. The van der Waals surface area contributed by atoms with Gasteiger partial charge in [0.25, 0.3) is 0 Å². The summed E-state index contributed by atoms with van der Waals surface area (Å²) in [7, 11) is 0. The average molecular weight is 536 g/mol. The van der Waals surface area contributed by atoms with Crippen LogP contribution in [0.5, 0.6) is 0 Å². The number of amides is 3. The van der Waals surface area contributed by atoms with Crippen molar-refractivity contribution < 1.29 is 19.6 Å². The molecule has 2 unspecified atom stereocenters. The number of nitrogens with one attached hydrogen (secondary N) is 2. The molecule has 0 aliphatic carbocycles. The molecule has 3 N–H and O–H groups in total. The highest BCUT2D eigenvalue weighted by Crippen LogP contribution is 2.29. The molecule has 1 saturated heterocycles. The number of hydroxylamine groups is 1. The van der Waals surface area contributed by atoms with Gasteiger partial charge in [0.2, 0.25) is 17.7 Å². The maximum atomic E-state index is 13.7. The van der Waals surface area contributed by atoms with Crippen molar-refractivity contribution in [3.63, 3.8) is 0 Å². The molecule has 0 radical (unpaired) electrons. The molecule has 7 heteroatoms. The lowest BCUT2D eigenvalue weighted by Gasteiger charge is -2.30. The van der Waals surface area contributed by atoms with Gasteiger partial charge in [-0.15, -0.1) is 0 Å². The Hall–Kier alpha value is -3.19. The number of rotatable bonds is 13. The van der Waals surface area contributed by atoms with Gasteiger partial charge in [-0.2, -0.15) is 0 Å². The molecule has 3 rings (SSSR count). The fourth-order valence-corrected chi connectivity index (χ4v) is 5.79. The predicted molar refractivity (Wildman–Crippen MR) is 153 cm³/mol. The van der Waals surface area contributed by atoms with Gasteiger partial charge in [-0.25, -0.2) is 5.48 Å². The van der Waals surface area contributed by atoms with Crippen LogP contribution in [-0.4, -0.2) is 47.0 Å². The van der Waals surface area contributed by atoms with E-state index in [4.69, 9.17) is 0 Å². The minimum absolute atomic E-state index is 0.0531. The van der Waals surface area contributed by atoms with E-state index in [1.807, 2.05) is 62.1 Å². The number of hydrogen-bond donors (Lipinski definition) is 3. The monoisotopic (exact) mass is 535 g/mol. The van der Waals surface area contributed by atoms with Crippen LogP contribution in [0.2, 0.25) is 0 Å². The van der Waals surface area contributed by atoms with E-state index in [0.717, 1.165) is 19.3 Å². The van der Waals surface area contributed by atoms with Gasteiger partial charge in [-0.05, 0) is 55.6 Å². The molecule has 2 aromatic rings. The van der Waals surface area contributed by atoms with Crippen molar-refractivity contribution in [2.75, 3.05) is 13.1 Å². The van der Waals surface area contributed by atoms with Crippen molar-refractivity contribution >= 4 is 17.7 Å². The van der Waals surface area contributed by atoms with Gasteiger partial charge in [-0.1, -0.05) is 87.9 Å². The van der Waals surface area contributed by atoms with Crippen molar-refractivity contribution in [3.8, 4) is 0 Å². The van der Waals surface area contributed by atoms with Crippen molar-refractivity contribution in [1.29, 1.82) is 0 Å². The second kappa shape index (κ2) is 15.4. The van der Waals surface area contributed by atoms with Crippen molar-refractivity contribution in [1.82, 2.24) is 15.7 Å². The zero-order chi connectivity index (χ0) is 28.2. The quantitative estimate of drug-likeness (QED) is 0.240. The van der Waals surface area contributed by atoms with E-state index < -0.39 is 23.8 Å². The first-order valence-corrected chi connectivity index (χ1v) is 14.5. The summed E-state index contributed by atoms with van der Waals surface area (Å²) in [6, 6.07) is 20.1. The lowest BCUT2D eigenvalue weighted by molar-refractivity contribution is -0.143. The largest absolute Gasteiger partial charge is 0.344 e. The molecule has 39 heavy (non-hydrogen) atoms. The lowest BCUT2D eigenvalue weighted by atomic mass is 9.81. The van der Waals surface area contributed by atoms with Gasteiger partial charge < -0.3 is 10.2 Å². The number of nitrogens with zero attached hydrogens (tertiary/aromatic N) is 1. The highest BCUT2D eigenvalue weighted by Gasteiger charge is 2.36. The fourth-order valence-electron chi connectivity index (χ4n) is 5.79. The molecule has 1 aliphatic rings. The van der Waals surface area contributed by atoms with Crippen molar-refractivity contribution in [2.45, 2.75) is 77.7 Å². The molecule has 7 nitrogen and oxygen atoms in total. The highest BCUT2D eigenvalue weighted by molar-refractivity contribution is 5.91. The van der Waals surface area contributed by atoms with E-state index in [9.17, 15) is 19.6 Å². The second-order valence-electron chi connectivity index (χ2n) is 11.2. The van der Waals surface area contributed by atoms with Crippen LogP contribution in [0.15, 0.2) is 60.7 Å². The molecule has 0 aromatic heterocycles. The zero-order valence-electron chi connectivity index (χ0n) is 23.6. The Bertz CT molecular complexity index is 1000. The second-order valence-corrected chi connectivity index (χ2v) is 11.2. The predicted octanol–water partition coefficient (Wildman–Crippen LogP) is 5.29. The topological polar surface area (TPSA) is 98.7 Å². The third kappa shape index (κ3) is 8.65. The van der Waals surface area contributed by atoms with Crippen LogP contribution in [0.1, 0.15) is 82.8 Å². The highest BCUT2D eigenvalue weighted by atomic mass is 16.5. The summed E-state index contributed by atoms with van der Waals surface area (Å²) in [5.41, 5.74) is 4.19. The van der Waals surface area contributed by atoms with E-state index >= 15 is 0 Å². The molecule has 1 aliphatic heterocycles. The molecule has 3 atom stereocenters. The average Bonchev–Trinajstić information content (AvgIpc) is 3.12. The number of benzene rings is 2. The molecule has 0 bridgehead atoms. The summed E-state index contributed by atoms with van der Waals surface area (Å²) in [4.78, 5) is 41.6. The van der Waals surface area contributed by atoms with Gasteiger partial charge in [0.1, 0.15) is 6.04 Å². The third-order valence-electron chi connectivity index (χ3n) is 7.78. The normalized spacial score (nSPS) is 17.5. The summed E-state index contributed by atoms with van der Waals surface area (Å²) in [5, 5.41) is 12.3. The zero-order valence-corrected chi connectivity index (χ0v) is 23.6. The standard InChI is InChI=1S/C32H45N3O4/c1-4-13-27(31(37)34-39)28(22-23(2)3)30(36)33-29-18-11-12-20-35(32(29)38)21-19-26(24-14-7-5-8-15-24)25-16-9-6-10-17-25/h5-10,14-17,23,26-29,39H,4,11-13,18-22H2,1-3H3,(H,33,36)(H,34,37)/t27?,28?,29-/m0/s1. The van der Waals surface area contributed by atoms with E-state index in [-0.39, 0.29) is 23.7 Å². The molecule has 1 fully saturated rings. The first-order chi connectivity index (χ1) is 18.8. The van der Waals surface area contributed by atoms with E-state index in [1.165, 1.54) is 11.1 Å². The lowest BCUT2D eigenvalue weighted by Crippen LogP contribution is -2.51. The smallest absolute Gasteiger partial charge is 0.247 e. The van der Waals surface area contributed by atoms with Crippen LogP contribution in [0.4, 0.5) is 0 Å². The van der Waals surface area contributed by atoms with Crippen LogP contribution < -0.4 is 10.8 Å². The van der Waals surface area contributed by atoms with Crippen LogP contribution in [0.3, 0.4) is 0 Å². The van der Waals surface area contributed by atoms with Gasteiger partial charge >= 0.3 is 0 Å². The first-order valence-electron chi connectivity index (χ1n) is 14.5. The Balaban J connectivity index is 1.74. The Kier molecular flexibility index (Phi) is 12.0. The molecule has 2 aromatic carbocycles. The summed E-state index contributed by atoms with van der Waals surface area (Å²) in [5.74, 6) is -1.78. The van der Waals surface area contributed by atoms with Crippen LogP contribution >= 0.6 is 0 Å². The van der Waals surface area contributed by atoms with Crippen molar-refractivity contribution in [3.05, 3.63) is 71.8 Å². The molecule has 1 heterocycles. The molecular formula is C32H45N3O4. The van der Waals surface area contributed by atoms with Gasteiger partial charge in [0.15, 0.2) is 0 Å². The minimum atomic E-state index is -0.642. The van der Waals surface area contributed by atoms with Gasteiger partial charge in [0, 0.05) is 24.9 Å². The SMILES string of the molecule is CCCC(C(=O)NO)C(CC(C)C)C(=O)N[C@H]1CCCCN(CCC(c2ccccc2)c2ccccc2)C1=O. The van der Waals surface area contributed by atoms with E-state index in [0.29, 0.717) is 38.8 Å². The Labute approximate surface area is 233 Å². The van der Waals surface area contributed by atoms with Crippen LogP contribution in [-0.2, 0) is 14.4 Å². The summed E-state index contributed by atoms with van der Waals surface area (Å²) in [6.45, 7) is 7.23. The number of hydrogen-bond acceptors (Lipinski definition) is 4. The minimum Gasteiger partial charge on any atom is -0.344 e. The molecule has 0 spiro atoms. The Morgan fingerprint density at radius 2 is 1.54 bits per heavy atom. The Morgan fingerprint density at radius 1 is 0.923 bits per heavy atom. The van der Waals surface area contributed by atoms with Gasteiger partial charge in [-0.3, -0.25) is 19.6 Å². The third-order valence-corrected chi connectivity index (χ3v) is 7.78. The van der Waals surface area contributed by atoms with Crippen LogP contribution in [0.25, 0.3) is 0 Å². The van der Waals surface area contributed by atoms with E-state index in [2.05, 4.69) is 29.6 Å². The van der Waals surface area contributed by atoms with Gasteiger partial charge in [0.05, 0.1) is 5.92 Å². The summed E-state index contributed by atoms with van der Waals surface area (Å²) < 4.78 is 0. The summed E-state index contributed by atoms with van der Waals surface area (Å²) >= 11 is 0. The molecular weight excluding hydrogens is 490 g/mol. The van der Waals surface area contributed by atoms with E-state index in [1.54, 1.807) is 5.48 Å². The molecule has 0 saturated carbocycles. The van der Waals surface area contributed by atoms with Crippen LogP contribution in [0, 0.1) is 17.8 Å². The fraction of sp³-hybridized carbons (Fsp3) is 0.531. The first kappa shape index (κ1) is 30.4. The maximum Gasteiger partial charge on any atom is 0.247 e. The summed E-state index contributed by atoms with van der Waals surface area (Å²) in [6.07, 6.45) is 4.80.